The van der Waals surface area contributed by atoms with E-state index in [9.17, 15) is 18.0 Å². The summed E-state index contributed by atoms with van der Waals surface area (Å²) in [6.07, 6.45) is 9.38. The molecule has 0 atom stereocenters. The number of carbonyl (C=O) groups is 1. The lowest BCUT2D eigenvalue weighted by atomic mass is 9.97. The summed E-state index contributed by atoms with van der Waals surface area (Å²) in [4.78, 5) is 25.3. The molecule has 0 aliphatic heterocycles. The van der Waals surface area contributed by atoms with E-state index in [4.69, 9.17) is 0 Å². The van der Waals surface area contributed by atoms with Gasteiger partial charge in [-0.1, -0.05) is 11.6 Å². The van der Waals surface area contributed by atoms with Crippen LogP contribution in [0.4, 0.5) is 0 Å². The number of Topliss-reactive ketones (excluding diaryl/α,β-unsaturated/α-hetero) is 1. The molecule has 0 saturated heterocycles. The van der Waals surface area contributed by atoms with Crippen LogP contribution in [0.15, 0.2) is 45.7 Å². The summed E-state index contributed by atoms with van der Waals surface area (Å²) in [5.41, 5.74) is 3.53. The Morgan fingerprint density at radius 2 is 1.90 bits per heavy atom. The van der Waals surface area contributed by atoms with Gasteiger partial charge in [0.05, 0.1) is 11.4 Å². The van der Waals surface area contributed by atoms with Gasteiger partial charge in [-0.05, 0) is 58.1 Å². The fraction of sp³-hybridized carbons (Fsp3) is 0.478. The van der Waals surface area contributed by atoms with Crippen LogP contribution in [0.2, 0.25) is 0 Å². The number of hydrogen-bond acceptors (Lipinski definition) is 4. The summed E-state index contributed by atoms with van der Waals surface area (Å²) in [5.74, 6) is -0.210. The van der Waals surface area contributed by atoms with Crippen molar-refractivity contribution in [3.63, 3.8) is 0 Å². The van der Waals surface area contributed by atoms with Crippen molar-refractivity contribution in [2.45, 2.75) is 63.9 Å². The van der Waals surface area contributed by atoms with Gasteiger partial charge in [-0.3, -0.25) is 9.59 Å². The third kappa shape index (κ3) is 5.07. The average molecular weight is 446 g/mol. The zero-order valence-electron chi connectivity index (χ0n) is 18.7. The Balaban J connectivity index is 1.81. The molecule has 0 saturated carbocycles. The highest BCUT2D eigenvalue weighted by Gasteiger charge is 2.20. The second-order valence-electron chi connectivity index (χ2n) is 8.34. The standard InChI is InChI=1S/C23H31N3O4S/c1-17-14-21(18(2)26(17)13-12-19-8-6-5-7-9-19)22(27)16-25-15-20(10-11-23(25)28)31(29,30)24(3)4/h8,10-11,14-15H,5-7,9,12-13,16H2,1-4H3. The molecule has 0 spiro atoms. The Hall–Kier alpha value is -2.45. The maximum Gasteiger partial charge on any atom is 0.251 e. The number of aryl methyl sites for hydroxylation is 1. The third-order valence-electron chi connectivity index (χ3n) is 5.96. The van der Waals surface area contributed by atoms with Gasteiger partial charge in [-0.25, -0.2) is 12.7 Å². The second-order valence-corrected chi connectivity index (χ2v) is 10.5. The van der Waals surface area contributed by atoms with Crippen molar-refractivity contribution in [2.75, 3.05) is 14.1 Å². The maximum atomic E-state index is 13.0. The number of rotatable bonds is 8. The molecule has 7 nitrogen and oxygen atoms in total. The van der Waals surface area contributed by atoms with Crippen molar-refractivity contribution in [1.82, 2.24) is 13.4 Å². The number of aromatic nitrogens is 2. The summed E-state index contributed by atoms with van der Waals surface area (Å²) in [5, 5.41) is 0. The largest absolute Gasteiger partial charge is 0.348 e. The van der Waals surface area contributed by atoms with E-state index in [1.54, 1.807) is 0 Å². The monoisotopic (exact) mass is 445 g/mol. The molecule has 0 aromatic carbocycles. The van der Waals surface area contributed by atoms with Crippen LogP contribution in [0.3, 0.4) is 0 Å². The van der Waals surface area contributed by atoms with Crippen LogP contribution < -0.4 is 5.56 Å². The van der Waals surface area contributed by atoms with Gasteiger partial charge in [-0.2, -0.15) is 0 Å². The molecule has 1 aliphatic carbocycles. The molecule has 0 amide bonds. The predicted octanol–water partition coefficient (Wildman–Crippen LogP) is 3.29. The lowest BCUT2D eigenvalue weighted by molar-refractivity contribution is 0.0969. The van der Waals surface area contributed by atoms with Crippen LogP contribution in [0.5, 0.6) is 0 Å². The molecule has 0 unspecified atom stereocenters. The topological polar surface area (TPSA) is 81.4 Å². The van der Waals surface area contributed by atoms with Crippen LogP contribution in [0.1, 0.15) is 53.8 Å². The Morgan fingerprint density at radius 1 is 1.16 bits per heavy atom. The van der Waals surface area contributed by atoms with Crippen LogP contribution in [-0.4, -0.2) is 41.7 Å². The van der Waals surface area contributed by atoms with E-state index in [0.29, 0.717) is 5.56 Å². The summed E-state index contributed by atoms with van der Waals surface area (Å²) >= 11 is 0. The van der Waals surface area contributed by atoms with E-state index in [-0.39, 0.29) is 17.2 Å². The summed E-state index contributed by atoms with van der Waals surface area (Å²) < 4.78 is 29.1. The van der Waals surface area contributed by atoms with Gasteiger partial charge in [0.2, 0.25) is 10.0 Å². The van der Waals surface area contributed by atoms with E-state index in [1.807, 2.05) is 19.9 Å². The van der Waals surface area contributed by atoms with E-state index in [1.165, 1.54) is 50.8 Å². The van der Waals surface area contributed by atoms with Gasteiger partial charge < -0.3 is 9.13 Å². The number of ketones is 1. The Kier molecular flexibility index (Phi) is 7.01. The Labute approximate surface area is 184 Å². The highest BCUT2D eigenvalue weighted by Crippen LogP contribution is 2.23. The summed E-state index contributed by atoms with van der Waals surface area (Å²) in [6, 6.07) is 4.31. The zero-order valence-corrected chi connectivity index (χ0v) is 19.5. The first-order valence-corrected chi connectivity index (χ1v) is 12.1. The first-order valence-electron chi connectivity index (χ1n) is 10.6. The smallest absolute Gasteiger partial charge is 0.251 e. The maximum absolute atomic E-state index is 13.0. The van der Waals surface area contributed by atoms with Gasteiger partial charge in [0.15, 0.2) is 5.78 Å². The van der Waals surface area contributed by atoms with Crippen molar-refractivity contribution in [2.24, 2.45) is 0 Å². The quantitative estimate of drug-likeness (QED) is 0.461. The number of pyridine rings is 1. The molecular formula is C23H31N3O4S. The molecule has 3 rings (SSSR count). The highest BCUT2D eigenvalue weighted by molar-refractivity contribution is 7.89. The van der Waals surface area contributed by atoms with Crippen LogP contribution in [-0.2, 0) is 23.1 Å². The van der Waals surface area contributed by atoms with Crippen molar-refractivity contribution in [3.8, 4) is 0 Å². The fourth-order valence-corrected chi connectivity index (χ4v) is 4.97. The normalized spacial score (nSPS) is 14.7. The summed E-state index contributed by atoms with van der Waals surface area (Å²) in [7, 11) is -0.843. The molecule has 2 heterocycles. The van der Waals surface area contributed by atoms with Crippen molar-refractivity contribution < 1.29 is 13.2 Å². The van der Waals surface area contributed by atoms with Crippen molar-refractivity contribution >= 4 is 15.8 Å². The van der Waals surface area contributed by atoms with E-state index in [0.717, 1.165) is 46.1 Å². The Bertz CT molecular complexity index is 1170. The third-order valence-corrected chi connectivity index (χ3v) is 7.76. The zero-order chi connectivity index (χ0) is 22.8. The van der Waals surface area contributed by atoms with E-state index < -0.39 is 15.6 Å². The number of nitrogens with zero attached hydrogens (tertiary/aromatic N) is 3. The molecule has 0 N–H and O–H groups in total. The fourth-order valence-electron chi connectivity index (χ4n) is 4.05. The van der Waals surface area contributed by atoms with Crippen LogP contribution >= 0.6 is 0 Å². The average Bonchev–Trinajstić information content (AvgIpc) is 3.02. The van der Waals surface area contributed by atoms with E-state index >= 15 is 0 Å². The minimum Gasteiger partial charge on any atom is -0.348 e. The molecule has 31 heavy (non-hydrogen) atoms. The van der Waals surface area contributed by atoms with Gasteiger partial charge in [-0.15, -0.1) is 0 Å². The Morgan fingerprint density at radius 3 is 2.55 bits per heavy atom. The number of carbonyl (C=O) groups excluding carboxylic acids is 1. The molecule has 0 bridgehead atoms. The summed E-state index contributed by atoms with van der Waals surface area (Å²) in [6.45, 7) is 4.53. The van der Waals surface area contributed by atoms with E-state index in [2.05, 4.69) is 10.6 Å². The minimum absolute atomic E-state index is 0.0175. The molecule has 168 valence electrons. The molecular weight excluding hydrogens is 414 g/mol. The van der Waals surface area contributed by atoms with Crippen LogP contribution in [0.25, 0.3) is 0 Å². The first-order chi connectivity index (χ1) is 14.6. The highest BCUT2D eigenvalue weighted by atomic mass is 32.2. The molecule has 8 heteroatoms. The SMILES string of the molecule is Cc1cc(C(=O)Cn2cc(S(=O)(=O)N(C)C)ccc2=O)c(C)n1CCC1=CCCCC1. The van der Waals surface area contributed by atoms with Crippen LogP contribution in [0, 0.1) is 13.8 Å². The second kappa shape index (κ2) is 9.36. The number of sulfonamides is 1. The number of hydrogen-bond donors (Lipinski definition) is 0. The molecule has 0 fully saturated rings. The molecule has 2 aromatic rings. The van der Waals surface area contributed by atoms with Gasteiger partial charge in [0.25, 0.3) is 5.56 Å². The van der Waals surface area contributed by atoms with Crippen molar-refractivity contribution in [3.05, 3.63) is 63.4 Å². The van der Waals surface area contributed by atoms with Gasteiger partial charge >= 0.3 is 0 Å². The van der Waals surface area contributed by atoms with Gasteiger partial charge in [0, 0.05) is 49.9 Å². The molecule has 1 aliphatic rings. The lowest BCUT2D eigenvalue weighted by Crippen LogP contribution is -2.27. The van der Waals surface area contributed by atoms with Crippen molar-refractivity contribution in [1.29, 1.82) is 0 Å². The molecule has 0 radical (unpaired) electrons. The first kappa shape index (κ1) is 23.2. The number of allylic oxidation sites excluding steroid dienone is 2. The van der Waals surface area contributed by atoms with Gasteiger partial charge in [0.1, 0.15) is 0 Å². The molecule has 2 aromatic heterocycles. The predicted molar refractivity (Wildman–Crippen MR) is 121 cm³/mol. The lowest BCUT2D eigenvalue weighted by Gasteiger charge is -2.15. The minimum atomic E-state index is -3.69.